The van der Waals surface area contributed by atoms with E-state index in [1.807, 2.05) is 30.3 Å². The van der Waals surface area contributed by atoms with Gasteiger partial charge in [0, 0.05) is 0 Å². The summed E-state index contributed by atoms with van der Waals surface area (Å²) in [6.45, 7) is 0.369. The molecule has 7 nitrogen and oxygen atoms in total. The first kappa shape index (κ1) is 13.9. The molecule has 7 heteroatoms. The van der Waals surface area contributed by atoms with E-state index in [1.54, 1.807) is 0 Å². The molecule has 1 aliphatic carbocycles. The molecule has 1 aliphatic rings. The molecule has 0 unspecified atom stereocenters. The van der Waals surface area contributed by atoms with Crippen LogP contribution in [0.2, 0.25) is 0 Å². The van der Waals surface area contributed by atoms with Crippen LogP contribution < -0.4 is 10.3 Å². The van der Waals surface area contributed by atoms with Gasteiger partial charge in [0.25, 0.3) is 11.4 Å². The highest BCUT2D eigenvalue weighted by molar-refractivity contribution is 5.77. The van der Waals surface area contributed by atoms with E-state index in [2.05, 4.69) is 20.5 Å². The zero-order valence-corrected chi connectivity index (χ0v) is 12.6. The lowest BCUT2D eigenvalue weighted by molar-refractivity contribution is 0.296. The SMILES string of the molecule is O=c1c2[nH]nc(OCc3ccccc3)c2nnn1C1CCCC1. The Bertz CT molecular complexity index is 865. The van der Waals surface area contributed by atoms with Gasteiger partial charge in [0.05, 0.1) is 6.04 Å². The normalized spacial score (nSPS) is 15.3. The number of rotatable bonds is 4. The van der Waals surface area contributed by atoms with Crippen molar-refractivity contribution in [2.45, 2.75) is 38.3 Å². The quantitative estimate of drug-likeness (QED) is 0.798. The minimum atomic E-state index is -0.177. The van der Waals surface area contributed by atoms with Gasteiger partial charge in [-0.2, -0.15) is 0 Å². The van der Waals surface area contributed by atoms with E-state index < -0.39 is 0 Å². The van der Waals surface area contributed by atoms with Crippen LogP contribution in [0.3, 0.4) is 0 Å². The number of ether oxygens (including phenoxy) is 1. The van der Waals surface area contributed by atoms with Gasteiger partial charge in [-0.25, -0.2) is 4.68 Å². The maximum Gasteiger partial charge on any atom is 0.296 e. The molecule has 0 aliphatic heterocycles. The first-order valence-corrected chi connectivity index (χ1v) is 7.83. The number of fused-ring (bicyclic) bond motifs is 1. The molecule has 3 aromatic rings. The second-order valence-corrected chi connectivity index (χ2v) is 5.80. The number of aromatic amines is 1. The predicted molar refractivity (Wildman–Crippen MR) is 84.2 cm³/mol. The zero-order valence-electron chi connectivity index (χ0n) is 12.6. The lowest BCUT2D eigenvalue weighted by Gasteiger charge is -2.09. The Morgan fingerprint density at radius 3 is 2.78 bits per heavy atom. The number of benzene rings is 1. The summed E-state index contributed by atoms with van der Waals surface area (Å²) in [6, 6.07) is 9.92. The van der Waals surface area contributed by atoms with Crippen molar-refractivity contribution in [2.75, 3.05) is 0 Å². The molecule has 1 aromatic carbocycles. The van der Waals surface area contributed by atoms with Gasteiger partial charge >= 0.3 is 0 Å². The van der Waals surface area contributed by atoms with Crippen LogP contribution in [0.5, 0.6) is 5.88 Å². The van der Waals surface area contributed by atoms with Crippen molar-refractivity contribution in [1.29, 1.82) is 0 Å². The zero-order chi connectivity index (χ0) is 15.6. The molecule has 4 rings (SSSR count). The van der Waals surface area contributed by atoms with Crippen molar-refractivity contribution < 1.29 is 4.74 Å². The second kappa shape index (κ2) is 5.83. The molecule has 0 amide bonds. The monoisotopic (exact) mass is 311 g/mol. The molecule has 2 aromatic heterocycles. The third-order valence-corrected chi connectivity index (χ3v) is 4.26. The summed E-state index contributed by atoms with van der Waals surface area (Å²) in [4.78, 5) is 12.5. The molecule has 23 heavy (non-hydrogen) atoms. The highest BCUT2D eigenvalue weighted by Gasteiger charge is 2.22. The number of nitrogens with zero attached hydrogens (tertiary/aromatic N) is 4. The predicted octanol–water partition coefficient (Wildman–Crippen LogP) is 2.21. The van der Waals surface area contributed by atoms with Crippen molar-refractivity contribution in [3.63, 3.8) is 0 Å². The lowest BCUT2D eigenvalue weighted by Crippen LogP contribution is -2.27. The van der Waals surface area contributed by atoms with Gasteiger partial charge in [0.1, 0.15) is 6.61 Å². The molecule has 0 radical (unpaired) electrons. The molecule has 0 atom stereocenters. The molecule has 1 N–H and O–H groups in total. The van der Waals surface area contributed by atoms with Crippen LogP contribution in [0.15, 0.2) is 35.1 Å². The highest BCUT2D eigenvalue weighted by atomic mass is 16.5. The van der Waals surface area contributed by atoms with Crippen LogP contribution in [0.25, 0.3) is 11.0 Å². The first-order valence-electron chi connectivity index (χ1n) is 7.83. The molecule has 118 valence electrons. The molecule has 1 saturated carbocycles. The Hall–Kier alpha value is -2.70. The topological polar surface area (TPSA) is 85.7 Å². The van der Waals surface area contributed by atoms with Crippen LogP contribution in [-0.2, 0) is 6.61 Å². The molecule has 0 spiro atoms. The van der Waals surface area contributed by atoms with E-state index >= 15 is 0 Å². The summed E-state index contributed by atoms with van der Waals surface area (Å²) >= 11 is 0. The third kappa shape index (κ3) is 2.58. The summed E-state index contributed by atoms with van der Waals surface area (Å²) < 4.78 is 7.15. The minimum absolute atomic E-state index is 0.149. The fourth-order valence-electron chi connectivity index (χ4n) is 3.02. The lowest BCUT2D eigenvalue weighted by atomic mass is 10.2. The Labute approximate surface area is 132 Å². The summed E-state index contributed by atoms with van der Waals surface area (Å²) in [5.74, 6) is 0.312. The van der Waals surface area contributed by atoms with E-state index in [-0.39, 0.29) is 11.6 Å². The maximum absolute atomic E-state index is 12.5. The summed E-state index contributed by atoms with van der Waals surface area (Å²) in [5.41, 5.74) is 1.59. The van der Waals surface area contributed by atoms with Crippen LogP contribution in [0.1, 0.15) is 37.3 Å². The highest BCUT2D eigenvalue weighted by Crippen LogP contribution is 2.28. The van der Waals surface area contributed by atoms with Gasteiger partial charge in [0.2, 0.25) is 0 Å². The Balaban J connectivity index is 1.62. The van der Waals surface area contributed by atoms with Gasteiger partial charge in [0.15, 0.2) is 11.0 Å². The van der Waals surface area contributed by atoms with Crippen molar-refractivity contribution in [1.82, 2.24) is 25.2 Å². The van der Waals surface area contributed by atoms with Crippen LogP contribution in [0, 0.1) is 0 Å². The molecule has 0 bridgehead atoms. The Morgan fingerprint density at radius 1 is 1.22 bits per heavy atom. The summed E-state index contributed by atoms with van der Waals surface area (Å²) in [6.07, 6.45) is 4.22. The average molecular weight is 311 g/mol. The number of aromatic nitrogens is 5. The van der Waals surface area contributed by atoms with Gasteiger partial charge in [-0.3, -0.25) is 9.89 Å². The third-order valence-electron chi connectivity index (χ3n) is 4.26. The molecule has 0 saturated heterocycles. The van der Waals surface area contributed by atoms with E-state index in [4.69, 9.17) is 4.74 Å². The molecule has 1 fully saturated rings. The fourth-order valence-corrected chi connectivity index (χ4v) is 3.02. The largest absolute Gasteiger partial charge is 0.470 e. The van der Waals surface area contributed by atoms with Crippen LogP contribution in [-0.4, -0.2) is 25.2 Å². The Morgan fingerprint density at radius 2 is 2.00 bits per heavy atom. The fraction of sp³-hybridized carbons (Fsp3) is 0.375. The smallest absolute Gasteiger partial charge is 0.296 e. The molecular weight excluding hydrogens is 294 g/mol. The maximum atomic E-state index is 12.5. The number of nitrogens with one attached hydrogen (secondary N) is 1. The second-order valence-electron chi connectivity index (χ2n) is 5.80. The van der Waals surface area contributed by atoms with E-state index in [0.717, 1.165) is 31.2 Å². The number of H-pyrrole nitrogens is 1. The van der Waals surface area contributed by atoms with Crippen molar-refractivity contribution in [2.24, 2.45) is 0 Å². The van der Waals surface area contributed by atoms with Crippen molar-refractivity contribution in [3.05, 3.63) is 46.2 Å². The van der Waals surface area contributed by atoms with E-state index in [9.17, 15) is 4.79 Å². The van der Waals surface area contributed by atoms with Crippen molar-refractivity contribution >= 4 is 11.0 Å². The van der Waals surface area contributed by atoms with E-state index in [1.165, 1.54) is 4.68 Å². The summed E-state index contributed by atoms with van der Waals surface area (Å²) in [7, 11) is 0. The van der Waals surface area contributed by atoms with Gasteiger partial charge in [-0.1, -0.05) is 48.4 Å². The number of hydrogen-bond donors (Lipinski definition) is 1. The summed E-state index contributed by atoms with van der Waals surface area (Å²) in [5, 5.41) is 15.1. The van der Waals surface area contributed by atoms with Crippen molar-refractivity contribution in [3.8, 4) is 5.88 Å². The van der Waals surface area contributed by atoms with E-state index in [0.29, 0.717) is 23.5 Å². The van der Waals surface area contributed by atoms with Crippen LogP contribution in [0.4, 0.5) is 0 Å². The number of hydrogen-bond acceptors (Lipinski definition) is 5. The standard InChI is InChI=1S/C16H17N5O2/c22-16-14-13(18-20-21(16)12-8-4-5-9-12)15(19-17-14)23-10-11-6-2-1-3-7-11/h1-3,6-7,12H,4-5,8-10H2,(H,17,19). The van der Waals surface area contributed by atoms with Gasteiger partial charge in [-0.05, 0) is 18.4 Å². The van der Waals surface area contributed by atoms with Gasteiger partial charge in [-0.15, -0.1) is 10.2 Å². The molecule has 2 heterocycles. The Kier molecular flexibility index (Phi) is 3.53. The van der Waals surface area contributed by atoms with Gasteiger partial charge < -0.3 is 4.74 Å². The van der Waals surface area contributed by atoms with Crippen LogP contribution >= 0.6 is 0 Å². The average Bonchev–Trinajstić information content (AvgIpc) is 3.24. The molecular formula is C16H17N5O2. The first-order chi connectivity index (χ1) is 11.3. The minimum Gasteiger partial charge on any atom is -0.470 e.